The first-order valence-electron chi connectivity index (χ1n) is 4.68. The number of esters is 1. The van der Waals surface area contributed by atoms with Crippen molar-refractivity contribution in [2.45, 2.75) is 33.3 Å². The van der Waals surface area contributed by atoms with E-state index in [1.54, 1.807) is 12.1 Å². The Labute approximate surface area is 84.9 Å². The number of hydrogen-bond acceptors (Lipinski definition) is 2. The summed E-state index contributed by atoms with van der Waals surface area (Å²) >= 11 is 0. The Hall–Kier alpha value is -1.31. The van der Waals surface area contributed by atoms with E-state index in [2.05, 4.69) is 0 Å². The molecular formula is C12H16O2. The minimum Gasteiger partial charge on any atom is -0.456 e. The summed E-state index contributed by atoms with van der Waals surface area (Å²) in [7, 11) is 0. The van der Waals surface area contributed by atoms with Crippen molar-refractivity contribution in [3.63, 3.8) is 0 Å². The van der Waals surface area contributed by atoms with E-state index >= 15 is 0 Å². The lowest BCUT2D eigenvalue weighted by Crippen LogP contribution is -2.23. The van der Waals surface area contributed by atoms with Crippen molar-refractivity contribution < 1.29 is 9.53 Å². The lowest BCUT2D eigenvalue weighted by Gasteiger charge is -2.19. The van der Waals surface area contributed by atoms with Crippen LogP contribution in [0, 0.1) is 6.92 Å². The fraction of sp³-hybridized carbons (Fsp3) is 0.417. The Morgan fingerprint density at radius 1 is 1.14 bits per heavy atom. The van der Waals surface area contributed by atoms with E-state index in [9.17, 15) is 4.79 Å². The van der Waals surface area contributed by atoms with Crippen LogP contribution in [0.1, 0.15) is 36.7 Å². The molecule has 14 heavy (non-hydrogen) atoms. The molecule has 0 aliphatic heterocycles. The summed E-state index contributed by atoms with van der Waals surface area (Å²) in [6, 6.07) is 7.37. The van der Waals surface area contributed by atoms with Crippen LogP contribution in [-0.4, -0.2) is 11.6 Å². The van der Waals surface area contributed by atoms with Crippen LogP contribution in [0.3, 0.4) is 0 Å². The summed E-state index contributed by atoms with van der Waals surface area (Å²) in [4.78, 5) is 11.5. The fourth-order valence-corrected chi connectivity index (χ4v) is 1.03. The number of carbonyl (C=O) groups is 1. The van der Waals surface area contributed by atoms with E-state index in [0.29, 0.717) is 5.56 Å². The topological polar surface area (TPSA) is 26.3 Å². The first-order valence-corrected chi connectivity index (χ1v) is 4.68. The minimum absolute atomic E-state index is 0.266. The monoisotopic (exact) mass is 192 g/mol. The van der Waals surface area contributed by atoms with Crippen LogP contribution in [0.25, 0.3) is 0 Å². The van der Waals surface area contributed by atoms with Gasteiger partial charge in [-0.15, -0.1) is 0 Å². The maximum atomic E-state index is 11.5. The van der Waals surface area contributed by atoms with E-state index in [1.807, 2.05) is 39.8 Å². The Bertz CT molecular complexity index is 317. The second kappa shape index (κ2) is 3.82. The van der Waals surface area contributed by atoms with Gasteiger partial charge in [-0.25, -0.2) is 4.79 Å². The van der Waals surface area contributed by atoms with Gasteiger partial charge in [0.15, 0.2) is 0 Å². The van der Waals surface area contributed by atoms with Crippen LogP contribution in [-0.2, 0) is 4.74 Å². The van der Waals surface area contributed by atoms with Crippen molar-refractivity contribution in [1.82, 2.24) is 0 Å². The van der Waals surface area contributed by atoms with Gasteiger partial charge in [-0.1, -0.05) is 17.7 Å². The smallest absolute Gasteiger partial charge is 0.338 e. The van der Waals surface area contributed by atoms with Gasteiger partial charge in [-0.2, -0.15) is 0 Å². The maximum absolute atomic E-state index is 11.5. The van der Waals surface area contributed by atoms with Crippen molar-refractivity contribution >= 4 is 5.97 Å². The normalized spacial score (nSPS) is 11.1. The summed E-state index contributed by atoms with van der Waals surface area (Å²) in [5, 5.41) is 0. The van der Waals surface area contributed by atoms with Crippen LogP contribution in [0.4, 0.5) is 0 Å². The molecule has 0 radical (unpaired) electrons. The van der Waals surface area contributed by atoms with Gasteiger partial charge in [0, 0.05) is 0 Å². The van der Waals surface area contributed by atoms with Gasteiger partial charge in [-0.05, 0) is 39.8 Å². The van der Waals surface area contributed by atoms with Gasteiger partial charge in [0.1, 0.15) is 5.60 Å². The predicted octanol–water partition coefficient (Wildman–Crippen LogP) is 2.95. The van der Waals surface area contributed by atoms with Gasteiger partial charge in [0.05, 0.1) is 5.56 Å². The molecular weight excluding hydrogens is 176 g/mol. The maximum Gasteiger partial charge on any atom is 0.338 e. The average molecular weight is 192 g/mol. The zero-order valence-corrected chi connectivity index (χ0v) is 9.13. The molecule has 2 nitrogen and oxygen atoms in total. The Kier molecular flexibility index (Phi) is 2.94. The van der Waals surface area contributed by atoms with E-state index in [1.165, 1.54) is 0 Å². The lowest BCUT2D eigenvalue weighted by atomic mass is 10.1. The standard InChI is InChI=1S/C12H16O2/c1-9-5-7-10(8-6-9)11(13)14-12(2,3)4/h5-8H,1-4H3. The zero-order valence-electron chi connectivity index (χ0n) is 9.13. The number of aryl methyl sites for hydroxylation is 1. The van der Waals surface area contributed by atoms with Crippen LogP contribution < -0.4 is 0 Å². The highest BCUT2D eigenvalue weighted by Crippen LogP contribution is 2.12. The molecule has 0 saturated carbocycles. The summed E-state index contributed by atoms with van der Waals surface area (Å²) < 4.78 is 5.22. The molecule has 0 aliphatic carbocycles. The number of ether oxygens (including phenoxy) is 1. The molecule has 0 spiro atoms. The molecule has 1 rings (SSSR count). The van der Waals surface area contributed by atoms with Crippen molar-refractivity contribution in [2.75, 3.05) is 0 Å². The quantitative estimate of drug-likeness (QED) is 0.639. The van der Waals surface area contributed by atoms with Crippen molar-refractivity contribution in [1.29, 1.82) is 0 Å². The highest BCUT2D eigenvalue weighted by molar-refractivity contribution is 5.89. The first-order chi connectivity index (χ1) is 6.38. The second-order valence-corrected chi connectivity index (χ2v) is 4.37. The largest absolute Gasteiger partial charge is 0.456 e. The van der Waals surface area contributed by atoms with Gasteiger partial charge < -0.3 is 4.74 Å². The van der Waals surface area contributed by atoms with E-state index in [-0.39, 0.29) is 5.97 Å². The van der Waals surface area contributed by atoms with Crippen molar-refractivity contribution in [2.24, 2.45) is 0 Å². The highest BCUT2D eigenvalue weighted by Gasteiger charge is 2.17. The molecule has 0 amide bonds. The number of carbonyl (C=O) groups excluding carboxylic acids is 1. The molecule has 0 saturated heterocycles. The number of hydrogen-bond donors (Lipinski definition) is 0. The number of benzene rings is 1. The second-order valence-electron chi connectivity index (χ2n) is 4.37. The van der Waals surface area contributed by atoms with Crippen LogP contribution in [0.2, 0.25) is 0 Å². The Morgan fingerprint density at radius 3 is 2.07 bits per heavy atom. The van der Waals surface area contributed by atoms with Crippen LogP contribution in [0.15, 0.2) is 24.3 Å². The van der Waals surface area contributed by atoms with Crippen LogP contribution in [0.5, 0.6) is 0 Å². The molecule has 0 bridgehead atoms. The molecule has 1 aromatic rings. The highest BCUT2D eigenvalue weighted by atomic mass is 16.6. The average Bonchev–Trinajstić information content (AvgIpc) is 2.02. The molecule has 0 aliphatic rings. The Balaban J connectivity index is 2.76. The summed E-state index contributed by atoms with van der Waals surface area (Å²) in [6.07, 6.45) is 0. The fourth-order valence-electron chi connectivity index (χ4n) is 1.03. The van der Waals surface area contributed by atoms with E-state index in [4.69, 9.17) is 4.74 Å². The van der Waals surface area contributed by atoms with Crippen LogP contribution >= 0.6 is 0 Å². The van der Waals surface area contributed by atoms with Gasteiger partial charge in [-0.3, -0.25) is 0 Å². The Morgan fingerprint density at radius 2 is 1.64 bits per heavy atom. The third kappa shape index (κ3) is 3.21. The van der Waals surface area contributed by atoms with Crippen molar-refractivity contribution in [3.8, 4) is 0 Å². The third-order valence-corrected chi connectivity index (χ3v) is 1.69. The molecule has 0 atom stereocenters. The summed E-state index contributed by atoms with van der Waals surface area (Å²) in [5.41, 5.74) is 1.31. The molecule has 0 unspecified atom stereocenters. The minimum atomic E-state index is -0.429. The van der Waals surface area contributed by atoms with E-state index < -0.39 is 5.60 Å². The van der Waals surface area contributed by atoms with Gasteiger partial charge in [0.25, 0.3) is 0 Å². The molecule has 0 aromatic heterocycles. The molecule has 76 valence electrons. The summed E-state index contributed by atoms with van der Waals surface area (Å²) in [6.45, 7) is 7.57. The zero-order chi connectivity index (χ0) is 10.8. The van der Waals surface area contributed by atoms with Gasteiger partial charge >= 0.3 is 5.97 Å². The van der Waals surface area contributed by atoms with Crippen molar-refractivity contribution in [3.05, 3.63) is 35.4 Å². The third-order valence-electron chi connectivity index (χ3n) is 1.69. The summed E-state index contributed by atoms with van der Waals surface area (Å²) in [5.74, 6) is -0.266. The molecule has 2 heteroatoms. The SMILES string of the molecule is Cc1ccc(C(=O)OC(C)(C)C)cc1. The molecule has 0 N–H and O–H groups in total. The number of rotatable bonds is 1. The molecule has 0 heterocycles. The molecule has 0 fully saturated rings. The molecule has 1 aromatic carbocycles. The van der Waals surface area contributed by atoms with E-state index in [0.717, 1.165) is 5.56 Å². The first kappa shape index (κ1) is 10.8. The lowest BCUT2D eigenvalue weighted by molar-refractivity contribution is 0.00696. The predicted molar refractivity (Wildman–Crippen MR) is 56.3 cm³/mol. The van der Waals surface area contributed by atoms with Gasteiger partial charge in [0.2, 0.25) is 0 Å².